The van der Waals surface area contributed by atoms with Crippen LogP contribution in [0.1, 0.15) is 43.0 Å². The monoisotopic (exact) mass is 272 g/mol. The summed E-state index contributed by atoms with van der Waals surface area (Å²) in [5.41, 5.74) is 2.66. The molecule has 4 nitrogen and oxygen atoms in total. The Balaban J connectivity index is 2.03. The number of anilines is 1. The van der Waals surface area contributed by atoms with E-state index in [1.807, 2.05) is 19.9 Å². The lowest BCUT2D eigenvalue weighted by atomic mass is 10.0. The molecule has 0 bridgehead atoms. The van der Waals surface area contributed by atoms with Crippen LogP contribution in [0.2, 0.25) is 0 Å². The van der Waals surface area contributed by atoms with Gasteiger partial charge < -0.3 is 10.2 Å². The molecule has 1 fully saturated rings. The third kappa shape index (κ3) is 3.49. The van der Waals surface area contributed by atoms with Crippen LogP contribution in [0.25, 0.3) is 0 Å². The average Bonchev–Trinajstić information content (AvgIpc) is 2.41. The van der Waals surface area contributed by atoms with Gasteiger partial charge in [0.25, 0.3) is 0 Å². The summed E-state index contributed by atoms with van der Waals surface area (Å²) in [4.78, 5) is 7.02. The maximum absolute atomic E-state index is 9.29. The second-order valence-electron chi connectivity index (χ2n) is 5.68. The molecule has 0 amide bonds. The van der Waals surface area contributed by atoms with Crippen LogP contribution in [-0.2, 0) is 0 Å². The van der Waals surface area contributed by atoms with Gasteiger partial charge in [-0.3, -0.25) is 0 Å². The molecule has 1 N–H and O–H groups in total. The average molecular weight is 272 g/mol. The van der Waals surface area contributed by atoms with E-state index in [1.54, 1.807) is 0 Å². The fraction of sp³-hybridized carbons (Fsp3) is 0.625. The second kappa shape index (κ2) is 6.71. The van der Waals surface area contributed by atoms with Crippen LogP contribution in [0.5, 0.6) is 0 Å². The van der Waals surface area contributed by atoms with Crippen molar-refractivity contribution in [2.24, 2.45) is 0 Å². The first-order chi connectivity index (χ1) is 9.63. The Labute approximate surface area is 121 Å². The van der Waals surface area contributed by atoms with Gasteiger partial charge in [-0.15, -0.1) is 0 Å². The van der Waals surface area contributed by atoms with Crippen LogP contribution in [0, 0.1) is 25.2 Å². The molecule has 0 radical (unpaired) electrons. The van der Waals surface area contributed by atoms with E-state index in [0.717, 1.165) is 43.0 Å². The van der Waals surface area contributed by atoms with Gasteiger partial charge in [-0.1, -0.05) is 6.92 Å². The lowest BCUT2D eigenvalue weighted by molar-refractivity contribution is 0.219. The van der Waals surface area contributed by atoms with Crippen LogP contribution >= 0.6 is 0 Å². The zero-order chi connectivity index (χ0) is 14.5. The zero-order valence-electron chi connectivity index (χ0n) is 12.7. The molecule has 0 unspecified atom stereocenters. The van der Waals surface area contributed by atoms with Crippen LogP contribution in [0.15, 0.2) is 6.07 Å². The number of hydrogen-bond acceptors (Lipinski definition) is 4. The Kier molecular flexibility index (Phi) is 4.97. The van der Waals surface area contributed by atoms with Crippen molar-refractivity contribution >= 4 is 5.82 Å². The Morgan fingerprint density at radius 3 is 2.70 bits per heavy atom. The molecule has 1 aliphatic heterocycles. The molecular weight excluding hydrogens is 248 g/mol. The molecule has 20 heavy (non-hydrogen) atoms. The molecule has 0 atom stereocenters. The summed E-state index contributed by atoms with van der Waals surface area (Å²) < 4.78 is 0. The van der Waals surface area contributed by atoms with Crippen molar-refractivity contribution < 1.29 is 0 Å². The van der Waals surface area contributed by atoms with Gasteiger partial charge in [-0.05, 0) is 51.3 Å². The molecule has 0 spiro atoms. The van der Waals surface area contributed by atoms with Crippen LogP contribution < -0.4 is 5.32 Å². The SMILES string of the molecule is CCCN1CCC(Nc2nc(C)cc(C)c2C#N)CC1. The molecule has 1 aromatic heterocycles. The highest BCUT2D eigenvalue weighted by Gasteiger charge is 2.20. The van der Waals surface area contributed by atoms with Crippen LogP contribution in [0.4, 0.5) is 5.82 Å². The zero-order valence-corrected chi connectivity index (χ0v) is 12.7. The van der Waals surface area contributed by atoms with Gasteiger partial charge in [0, 0.05) is 24.8 Å². The number of nitriles is 1. The minimum absolute atomic E-state index is 0.434. The number of aromatic nitrogens is 1. The number of pyridine rings is 1. The number of rotatable bonds is 4. The number of piperidine rings is 1. The number of hydrogen-bond donors (Lipinski definition) is 1. The van der Waals surface area contributed by atoms with E-state index in [1.165, 1.54) is 13.0 Å². The van der Waals surface area contributed by atoms with Crippen molar-refractivity contribution in [1.29, 1.82) is 5.26 Å². The van der Waals surface area contributed by atoms with Gasteiger partial charge in [0.2, 0.25) is 0 Å². The molecule has 2 rings (SSSR count). The molecule has 1 aliphatic rings. The van der Waals surface area contributed by atoms with Gasteiger partial charge in [-0.2, -0.15) is 5.26 Å². The largest absolute Gasteiger partial charge is 0.366 e. The molecule has 0 saturated carbocycles. The third-order valence-electron chi connectivity index (χ3n) is 3.92. The number of aryl methyl sites for hydroxylation is 2. The molecule has 0 aliphatic carbocycles. The van der Waals surface area contributed by atoms with Gasteiger partial charge in [0.15, 0.2) is 0 Å². The number of likely N-dealkylation sites (tertiary alicyclic amines) is 1. The predicted octanol–water partition coefficient (Wildman–Crippen LogP) is 2.86. The first-order valence-corrected chi connectivity index (χ1v) is 7.51. The Hall–Kier alpha value is -1.60. The quantitative estimate of drug-likeness (QED) is 0.915. The van der Waals surface area contributed by atoms with Gasteiger partial charge >= 0.3 is 0 Å². The molecule has 0 aromatic carbocycles. The normalized spacial score (nSPS) is 16.9. The summed E-state index contributed by atoms with van der Waals surface area (Å²) in [7, 11) is 0. The maximum atomic E-state index is 9.29. The molecule has 1 saturated heterocycles. The Morgan fingerprint density at radius 2 is 2.10 bits per heavy atom. The minimum atomic E-state index is 0.434. The Morgan fingerprint density at radius 1 is 1.40 bits per heavy atom. The van der Waals surface area contributed by atoms with E-state index in [4.69, 9.17) is 0 Å². The summed E-state index contributed by atoms with van der Waals surface area (Å²) in [6.07, 6.45) is 3.47. The molecule has 108 valence electrons. The Bertz CT molecular complexity index is 496. The van der Waals surface area contributed by atoms with Crippen molar-refractivity contribution in [1.82, 2.24) is 9.88 Å². The number of nitrogens with zero attached hydrogens (tertiary/aromatic N) is 3. The van der Waals surface area contributed by atoms with Crippen molar-refractivity contribution in [3.63, 3.8) is 0 Å². The fourth-order valence-electron chi connectivity index (χ4n) is 2.89. The van der Waals surface area contributed by atoms with E-state index in [-0.39, 0.29) is 0 Å². The third-order valence-corrected chi connectivity index (χ3v) is 3.92. The molecule has 1 aromatic rings. The highest BCUT2D eigenvalue weighted by molar-refractivity contribution is 5.56. The van der Waals surface area contributed by atoms with E-state index in [9.17, 15) is 5.26 Å². The van der Waals surface area contributed by atoms with Crippen molar-refractivity contribution in [3.8, 4) is 6.07 Å². The topological polar surface area (TPSA) is 52.0 Å². The first-order valence-electron chi connectivity index (χ1n) is 7.51. The summed E-state index contributed by atoms with van der Waals surface area (Å²) >= 11 is 0. The molecular formula is C16H24N4. The highest BCUT2D eigenvalue weighted by atomic mass is 15.1. The maximum Gasteiger partial charge on any atom is 0.144 e. The lowest BCUT2D eigenvalue weighted by Crippen LogP contribution is -2.39. The predicted molar refractivity (Wildman–Crippen MR) is 81.8 cm³/mol. The van der Waals surface area contributed by atoms with Crippen LogP contribution in [-0.4, -0.2) is 35.6 Å². The summed E-state index contributed by atoms with van der Waals surface area (Å²) in [5.74, 6) is 0.763. The minimum Gasteiger partial charge on any atom is -0.366 e. The van der Waals surface area contributed by atoms with Crippen molar-refractivity contribution in [2.45, 2.75) is 46.1 Å². The second-order valence-corrected chi connectivity index (χ2v) is 5.68. The first kappa shape index (κ1) is 14.8. The summed E-state index contributed by atoms with van der Waals surface area (Å²) in [6.45, 7) is 9.64. The van der Waals surface area contributed by atoms with Crippen molar-refractivity contribution in [2.75, 3.05) is 25.0 Å². The van der Waals surface area contributed by atoms with Crippen LogP contribution in [0.3, 0.4) is 0 Å². The van der Waals surface area contributed by atoms with Gasteiger partial charge in [0.1, 0.15) is 11.9 Å². The van der Waals surface area contributed by atoms with Crippen molar-refractivity contribution in [3.05, 3.63) is 22.9 Å². The standard InChI is InChI=1S/C16H24N4/c1-4-7-20-8-5-14(6-9-20)19-16-15(11-17)12(2)10-13(3)18-16/h10,14H,4-9H2,1-3H3,(H,18,19). The highest BCUT2D eigenvalue weighted by Crippen LogP contribution is 2.21. The van der Waals surface area contributed by atoms with E-state index >= 15 is 0 Å². The van der Waals surface area contributed by atoms with E-state index in [0.29, 0.717) is 11.6 Å². The smallest absolute Gasteiger partial charge is 0.144 e. The van der Waals surface area contributed by atoms with Gasteiger partial charge in [-0.25, -0.2) is 4.98 Å². The summed E-state index contributed by atoms with van der Waals surface area (Å²) in [6, 6.07) is 4.67. The van der Waals surface area contributed by atoms with Gasteiger partial charge in [0.05, 0.1) is 5.56 Å². The van der Waals surface area contributed by atoms with E-state index < -0.39 is 0 Å². The molecule has 4 heteroatoms. The van der Waals surface area contributed by atoms with E-state index in [2.05, 4.69) is 28.2 Å². The lowest BCUT2D eigenvalue weighted by Gasteiger charge is -2.32. The molecule has 2 heterocycles. The number of nitrogens with one attached hydrogen (secondary N) is 1. The fourth-order valence-corrected chi connectivity index (χ4v) is 2.89. The summed E-state index contributed by atoms with van der Waals surface area (Å²) in [5, 5.41) is 12.8.